The van der Waals surface area contributed by atoms with Crippen LogP contribution in [-0.4, -0.2) is 42.7 Å². The molecule has 1 saturated heterocycles. The zero-order chi connectivity index (χ0) is 17.2. The molecule has 0 saturated carbocycles. The van der Waals surface area contributed by atoms with E-state index in [2.05, 4.69) is 17.0 Å². The van der Waals surface area contributed by atoms with Crippen LogP contribution in [-0.2, 0) is 11.3 Å². The molecule has 0 spiro atoms. The fraction of sp³-hybridized carbons (Fsp3) is 0.368. The summed E-state index contributed by atoms with van der Waals surface area (Å²) in [5.74, 6) is 1.41. The summed E-state index contributed by atoms with van der Waals surface area (Å²) in [4.78, 5) is 2.29. The maximum Gasteiger partial charge on any atom is 0.231 e. The predicted octanol–water partition coefficient (Wildman–Crippen LogP) is 3.00. The Hall–Kier alpha value is -1.79. The highest BCUT2D eigenvalue weighted by atomic mass is 35.5. The van der Waals surface area contributed by atoms with Gasteiger partial charge < -0.3 is 19.3 Å². The first-order chi connectivity index (χ1) is 12.3. The Labute approximate surface area is 151 Å². The normalized spacial score (nSPS) is 23.0. The van der Waals surface area contributed by atoms with Gasteiger partial charge in [0.1, 0.15) is 6.10 Å². The van der Waals surface area contributed by atoms with Crippen LogP contribution < -0.4 is 9.47 Å². The zero-order valence-electron chi connectivity index (χ0n) is 13.7. The molecule has 0 aromatic heterocycles. The van der Waals surface area contributed by atoms with Crippen molar-refractivity contribution < 1.29 is 19.3 Å². The maximum absolute atomic E-state index is 9.77. The average Bonchev–Trinajstić information content (AvgIpc) is 3.09. The second kappa shape index (κ2) is 7.22. The fourth-order valence-corrected chi connectivity index (χ4v) is 3.70. The summed E-state index contributed by atoms with van der Waals surface area (Å²) in [7, 11) is 0. The van der Waals surface area contributed by atoms with E-state index in [1.807, 2.05) is 24.3 Å². The molecule has 6 heteroatoms. The van der Waals surface area contributed by atoms with Gasteiger partial charge in [-0.25, -0.2) is 0 Å². The van der Waals surface area contributed by atoms with Crippen LogP contribution in [0.5, 0.6) is 11.5 Å². The van der Waals surface area contributed by atoms with Crippen LogP contribution in [0.2, 0.25) is 5.02 Å². The van der Waals surface area contributed by atoms with Crippen molar-refractivity contribution in [3.05, 3.63) is 58.6 Å². The van der Waals surface area contributed by atoms with E-state index in [1.54, 1.807) is 6.07 Å². The molecule has 25 heavy (non-hydrogen) atoms. The minimum absolute atomic E-state index is 0.0229. The van der Waals surface area contributed by atoms with Gasteiger partial charge in [-0.15, -0.1) is 0 Å². The van der Waals surface area contributed by atoms with Gasteiger partial charge in [-0.2, -0.15) is 0 Å². The van der Waals surface area contributed by atoms with Crippen LogP contribution in [0.3, 0.4) is 0 Å². The highest BCUT2D eigenvalue weighted by Crippen LogP contribution is 2.39. The molecule has 2 aliphatic rings. The van der Waals surface area contributed by atoms with Crippen molar-refractivity contribution in [3.63, 3.8) is 0 Å². The third-order valence-electron chi connectivity index (χ3n) is 4.69. The van der Waals surface area contributed by atoms with Crippen LogP contribution in [0.15, 0.2) is 42.5 Å². The topological polar surface area (TPSA) is 51.2 Å². The highest BCUT2D eigenvalue weighted by Gasteiger charge is 2.33. The van der Waals surface area contributed by atoms with Gasteiger partial charge in [-0.3, -0.25) is 4.90 Å². The molecular formula is C19H20ClNO4. The lowest BCUT2D eigenvalue weighted by Gasteiger charge is -2.41. The second-order valence-electron chi connectivity index (χ2n) is 6.21. The summed E-state index contributed by atoms with van der Waals surface area (Å²) in [5.41, 5.74) is 2.10. The molecular weight excluding hydrogens is 342 g/mol. The Balaban J connectivity index is 1.63. The third kappa shape index (κ3) is 3.33. The number of halogens is 1. The predicted molar refractivity (Wildman–Crippen MR) is 94.0 cm³/mol. The number of ether oxygens (including phenoxy) is 3. The molecule has 2 atom stereocenters. The molecule has 0 unspecified atom stereocenters. The van der Waals surface area contributed by atoms with Gasteiger partial charge in [-0.05, 0) is 17.2 Å². The van der Waals surface area contributed by atoms with Crippen molar-refractivity contribution in [1.29, 1.82) is 0 Å². The number of benzene rings is 2. The van der Waals surface area contributed by atoms with Crippen molar-refractivity contribution in [2.24, 2.45) is 0 Å². The van der Waals surface area contributed by atoms with E-state index >= 15 is 0 Å². The first kappa shape index (κ1) is 16.7. The Kier molecular flexibility index (Phi) is 4.81. The highest BCUT2D eigenvalue weighted by molar-refractivity contribution is 6.31. The van der Waals surface area contributed by atoms with E-state index in [0.29, 0.717) is 23.9 Å². The average molecular weight is 362 g/mol. The number of morpholine rings is 1. The number of aliphatic hydroxyl groups excluding tert-OH is 1. The van der Waals surface area contributed by atoms with Gasteiger partial charge in [0, 0.05) is 24.2 Å². The molecule has 1 fully saturated rings. The largest absolute Gasteiger partial charge is 0.454 e. The van der Waals surface area contributed by atoms with Crippen molar-refractivity contribution >= 4 is 11.6 Å². The Bertz CT molecular complexity index is 740. The zero-order valence-corrected chi connectivity index (χ0v) is 14.5. The smallest absolute Gasteiger partial charge is 0.231 e. The van der Waals surface area contributed by atoms with E-state index in [1.165, 1.54) is 0 Å². The molecule has 2 aromatic carbocycles. The van der Waals surface area contributed by atoms with E-state index in [0.717, 1.165) is 23.4 Å². The summed E-state index contributed by atoms with van der Waals surface area (Å²) in [6.07, 6.45) is -0.260. The summed E-state index contributed by atoms with van der Waals surface area (Å²) >= 11 is 6.45. The van der Waals surface area contributed by atoms with E-state index < -0.39 is 0 Å². The molecule has 2 aliphatic heterocycles. The van der Waals surface area contributed by atoms with Gasteiger partial charge >= 0.3 is 0 Å². The van der Waals surface area contributed by atoms with Crippen LogP contribution in [0.25, 0.3) is 0 Å². The maximum atomic E-state index is 9.77. The minimum Gasteiger partial charge on any atom is -0.454 e. The summed E-state index contributed by atoms with van der Waals surface area (Å²) in [6, 6.07) is 13.8. The van der Waals surface area contributed by atoms with E-state index in [4.69, 9.17) is 25.8 Å². The monoisotopic (exact) mass is 361 g/mol. The third-order valence-corrected chi connectivity index (χ3v) is 5.04. The number of rotatable bonds is 4. The number of hydrogen-bond donors (Lipinski definition) is 1. The van der Waals surface area contributed by atoms with E-state index in [9.17, 15) is 5.11 Å². The Morgan fingerprint density at radius 3 is 2.64 bits per heavy atom. The van der Waals surface area contributed by atoms with Crippen LogP contribution in [0, 0.1) is 0 Å². The molecule has 0 amide bonds. The first-order valence-electron chi connectivity index (χ1n) is 8.36. The number of aliphatic hydroxyl groups is 1. The quantitative estimate of drug-likeness (QED) is 0.907. The standard InChI is InChI=1S/C19H20ClNO4/c20-15-9-17-16(24-12-25-17)8-14(15)10-21-6-7-23-18(11-22)19(21)13-4-2-1-3-5-13/h1-5,8-9,18-19,22H,6-7,10-12H2/t18-,19-/m1/s1. The van der Waals surface area contributed by atoms with Crippen LogP contribution in [0.1, 0.15) is 17.2 Å². The molecule has 0 aliphatic carbocycles. The van der Waals surface area contributed by atoms with Gasteiger partial charge in [0.15, 0.2) is 11.5 Å². The van der Waals surface area contributed by atoms with Crippen molar-refractivity contribution in [3.8, 4) is 11.5 Å². The summed E-state index contributed by atoms with van der Waals surface area (Å²) in [6.45, 7) is 2.20. The lowest BCUT2D eigenvalue weighted by atomic mass is 9.97. The van der Waals surface area contributed by atoms with Crippen molar-refractivity contribution in [1.82, 2.24) is 4.90 Å². The molecule has 2 heterocycles. The molecule has 5 nitrogen and oxygen atoms in total. The molecule has 1 N–H and O–H groups in total. The van der Waals surface area contributed by atoms with Crippen LogP contribution in [0.4, 0.5) is 0 Å². The SMILES string of the molecule is OC[C@H]1OCCN(Cc2cc3c(cc2Cl)OCO3)[C@@H]1c1ccccc1. The molecule has 132 valence electrons. The van der Waals surface area contributed by atoms with Gasteiger partial charge in [-0.1, -0.05) is 41.9 Å². The lowest BCUT2D eigenvalue weighted by Crippen LogP contribution is -2.46. The van der Waals surface area contributed by atoms with Gasteiger partial charge in [0.05, 0.1) is 19.3 Å². The van der Waals surface area contributed by atoms with Crippen molar-refractivity contribution in [2.75, 3.05) is 26.6 Å². The number of hydrogen-bond acceptors (Lipinski definition) is 5. The minimum atomic E-state index is -0.260. The summed E-state index contributed by atoms with van der Waals surface area (Å²) < 4.78 is 16.6. The fourth-order valence-electron chi connectivity index (χ4n) is 3.49. The van der Waals surface area contributed by atoms with Gasteiger partial charge in [0.2, 0.25) is 6.79 Å². The molecule has 0 bridgehead atoms. The Morgan fingerprint density at radius 1 is 1.12 bits per heavy atom. The number of fused-ring (bicyclic) bond motifs is 1. The second-order valence-corrected chi connectivity index (χ2v) is 6.62. The molecule has 2 aromatic rings. The molecule has 0 radical (unpaired) electrons. The lowest BCUT2D eigenvalue weighted by molar-refractivity contribution is -0.0960. The first-order valence-corrected chi connectivity index (χ1v) is 8.73. The summed E-state index contributed by atoms with van der Waals surface area (Å²) in [5, 5.41) is 10.4. The van der Waals surface area contributed by atoms with Gasteiger partial charge in [0.25, 0.3) is 0 Å². The Morgan fingerprint density at radius 2 is 1.88 bits per heavy atom. The number of nitrogens with zero attached hydrogens (tertiary/aromatic N) is 1. The van der Waals surface area contributed by atoms with Crippen molar-refractivity contribution in [2.45, 2.75) is 18.7 Å². The van der Waals surface area contributed by atoms with Crippen LogP contribution >= 0.6 is 11.6 Å². The molecule has 4 rings (SSSR count). The van der Waals surface area contributed by atoms with E-state index in [-0.39, 0.29) is 25.5 Å².